The number of amides is 1. The Labute approximate surface area is 69.4 Å². The first-order valence-corrected chi connectivity index (χ1v) is 3.40. The summed E-state index contributed by atoms with van der Waals surface area (Å²) < 4.78 is 1.40. The highest BCUT2D eigenvalue weighted by atomic mass is 16.1. The number of aromatic nitrogens is 2. The van der Waals surface area contributed by atoms with E-state index >= 15 is 0 Å². The zero-order chi connectivity index (χ0) is 9.14. The molecule has 0 aliphatic heterocycles. The number of hydrogen-bond donors (Lipinski definition) is 1. The molecule has 0 saturated heterocycles. The standard InChI is InChI=1S/C7H9N3O2/c1-5(12)8-7-3-6(4-11)10(2)9-7/h3-4H,1-2H3,(H,8,9,12). The van der Waals surface area contributed by atoms with Gasteiger partial charge in [0.1, 0.15) is 5.69 Å². The van der Waals surface area contributed by atoms with Gasteiger partial charge >= 0.3 is 0 Å². The van der Waals surface area contributed by atoms with E-state index in [1.54, 1.807) is 7.05 Å². The monoisotopic (exact) mass is 167 g/mol. The van der Waals surface area contributed by atoms with E-state index in [4.69, 9.17) is 0 Å². The van der Waals surface area contributed by atoms with Crippen molar-refractivity contribution < 1.29 is 9.59 Å². The van der Waals surface area contributed by atoms with Crippen molar-refractivity contribution in [2.75, 3.05) is 5.32 Å². The number of anilines is 1. The Hall–Kier alpha value is -1.65. The van der Waals surface area contributed by atoms with Crippen LogP contribution in [-0.2, 0) is 11.8 Å². The van der Waals surface area contributed by atoms with Crippen LogP contribution in [0.15, 0.2) is 6.07 Å². The highest BCUT2D eigenvalue weighted by molar-refractivity contribution is 5.88. The molecule has 0 bridgehead atoms. The van der Waals surface area contributed by atoms with E-state index in [0.717, 1.165) is 0 Å². The zero-order valence-electron chi connectivity index (χ0n) is 6.87. The van der Waals surface area contributed by atoms with Gasteiger partial charge in [-0.15, -0.1) is 0 Å². The van der Waals surface area contributed by atoms with Crippen LogP contribution >= 0.6 is 0 Å². The van der Waals surface area contributed by atoms with E-state index in [-0.39, 0.29) is 5.91 Å². The number of nitrogens with zero attached hydrogens (tertiary/aromatic N) is 2. The maximum absolute atomic E-state index is 10.6. The summed E-state index contributed by atoms with van der Waals surface area (Å²) in [7, 11) is 1.63. The molecular formula is C7H9N3O2. The molecule has 1 aromatic rings. The minimum absolute atomic E-state index is 0.203. The molecule has 0 unspecified atom stereocenters. The highest BCUT2D eigenvalue weighted by Gasteiger charge is 2.03. The fourth-order valence-electron chi connectivity index (χ4n) is 0.833. The second-order valence-electron chi connectivity index (χ2n) is 2.38. The Morgan fingerprint density at radius 3 is 2.83 bits per heavy atom. The van der Waals surface area contributed by atoms with Gasteiger partial charge in [-0.25, -0.2) is 0 Å². The first kappa shape index (κ1) is 8.45. The van der Waals surface area contributed by atoms with Gasteiger partial charge in [0.2, 0.25) is 5.91 Å². The van der Waals surface area contributed by atoms with Crippen molar-refractivity contribution in [2.45, 2.75) is 6.92 Å². The molecule has 0 atom stereocenters. The van der Waals surface area contributed by atoms with Crippen molar-refractivity contribution in [1.82, 2.24) is 9.78 Å². The number of nitrogens with one attached hydrogen (secondary N) is 1. The van der Waals surface area contributed by atoms with Crippen LogP contribution in [0.5, 0.6) is 0 Å². The first-order valence-electron chi connectivity index (χ1n) is 3.40. The van der Waals surface area contributed by atoms with Crippen molar-refractivity contribution in [1.29, 1.82) is 0 Å². The van der Waals surface area contributed by atoms with Crippen molar-refractivity contribution in [3.05, 3.63) is 11.8 Å². The molecule has 0 spiro atoms. The minimum Gasteiger partial charge on any atom is -0.309 e. The molecule has 0 saturated carbocycles. The number of aryl methyl sites for hydroxylation is 1. The Morgan fingerprint density at radius 1 is 1.75 bits per heavy atom. The van der Waals surface area contributed by atoms with Gasteiger partial charge < -0.3 is 5.32 Å². The van der Waals surface area contributed by atoms with Crippen LogP contribution in [0.1, 0.15) is 17.4 Å². The summed E-state index contributed by atoms with van der Waals surface area (Å²) in [6.07, 6.45) is 0.679. The van der Waals surface area contributed by atoms with Crippen LogP contribution in [-0.4, -0.2) is 22.0 Å². The summed E-state index contributed by atoms with van der Waals surface area (Å²) in [6.45, 7) is 1.38. The Balaban J connectivity index is 2.89. The molecular weight excluding hydrogens is 158 g/mol. The van der Waals surface area contributed by atoms with Crippen molar-refractivity contribution in [3.63, 3.8) is 0 Å². The molecule has 64 valence electrons. The van der Waals surface area contributed by atoms with Gasteiger partial charge in [-0.05, 0) is 0 Å². The summed E-state index contributed by atoms with van der Waals surface area (Å²) in [5.74, 6) is 0.192. The molecule has 12 heavy (non-hydrogen) atoms. The molecule has 5 heteroatoms. The van der Waals surface area contributed by atoms with Gasteiger partial charge in [-0.1, -0.05) is 0 Å². The van der Waals surface area contributed by atoms with Crippen LogP contribution in [0.4, 0.5) is 5.82 Å². The molecule has 0 radical (unpaired) electrons. The lowest BCUT2D eigenvalue weighted by molar-refractivity contribution is -0.114. The molecule has 1 heterocycles. The molecule has 1 rings (SSSR count). The molecule has 1 amide bonds. The maximum Gasteiger partial charge on any atom is 0.222 e. The van der Waals surface area contributed by atoms with E-state index in [1.807, 2.05) is 0 Å². The third-order valence-electron chi connectivity index (χ3n) is 1.34. The van der Waals surface area contributed by atoms with Gasteiger partial charge in [0.25, 0.3) is 0 Å². The van der Waals surface area contributed by atoms with Crippen LogP contribution in [0.3, 0.4) is 0 Å². The summed E-state index contributed by atoms with van der Waals surface area (Å²) in [6, 6.07) is 1.51. The topological polar surface area (TPSA) is 64.0 Å². The smallest absolute Gasteiger partial charge is 0.222 e. The largest absolute Gasteiger partial charge is 0.309 e. The quantitative estimate of drug-likeness (QED) is 0.639. The number of rotatable bonds is 2. The number of hydrogen-bond acceptors (Lipinski definition) is 3. The van der Waals surface area contributed by atoms with E-state index in [0.29, 0.717) is 17.8 Å². The molecule has 0 fully saturated rings. The predicted molar refractivity (Wildman–Crippen MR) is 42.9 cm³/mol. The lowest BCUT2D eigenvalue weighted by Crippen LogP contribution is -2.06. The van der Waals surface area contributed by atoms with Crippen LogP contribution in [0.2, 0.25) is 0 Å². The lowest BCUT2D eigenvalue weighted by atomic mass is 10.4. The number of carbonyl (C=O) groups is 2. The summed E-state index contributed by atoms with van der Waals surface area (Å²) >= 11 is 0. The van der Waals surface area contributed by atoms with E-state index < -0.39 is 0 Å². The van der Waals surface area contributed by atoms with Gasteiger partial charge in [0.15, 0.2) is 12.1 Å². The maximum atomic E-state index is 10.6. The summed E-state index contributed by atoms with van der Waals surface area (Å²) in [5, 5.41) is 6.35. The zero-order valence-corrected chi connectivity index (χ0v) is 6.87. The van der Waals surface area contributed by atoms with Crippen LogP contribution < -0.4 is 5.32 Å². The number of aldehydes is 1. The third-order valence-corrected chi connectivity index (χ3v) is 1.34. The summed E-state index contributed by atoms with van der Waals surface area (Å²) in [4.78, 5) is 20.9. The molecule has 0 aliphatic carbocycles. The first-order chi connectivity index (χ1) is 5.63. The van der Waals surface area contributed by atoms with Gasteiger partial charge in [-0.3, -0.25) is 14.3 Å². The van der Waals surface area contributed by atoms with Crippen molar-refractivity contribution in [2.24, 2.45) is 7.05 Å². The van der Waals surface area contributed by atoms with Gasteiger partial charge in [-0.2, -0.15) is 5.10 Å². The normalized spacial score (nSPS) is 9.50. The lowest BCUT2D eigenvalue weighted by Gasteiger charge is -1.92. The Bertz CT molecular complexity index is 316. The third kappa shape index (κ3) is 1.69. The van der Waals surface area contributed by atoms with Gasteiger partial charge in [0.05, 0.1) is 0 Å². The van der Waals surface area contributed by atoms with Crippen LogP contribution in [0, 0.1) is 0 Å². The molecule has 1 N–H and O–H groups in total. The second kappa shape index (κ2) is 3.17. The Kier molecular flexibility index (Phi) is 2.23. The second-order valence-corrected chi connectivity index (χ2v) is 2.38. The predicted octanol–water partition coefficient (Wildman–Crippen LogP) is 0.191. The van der Waals surface area contributed by atoms with E-state index in [2.05, 4.69) is 10.4 Å². The van der Waals surface area contributed by atoms with Gasteiger partial charge in [0, 0.05) is 20.0 Å². The summed E-state index contributed by atoms with van der Waals surface area (Å²) in [5.41, 5.74) is 0.429. The van der Waals surface area contributed by atoms with E-state index in [1.165, 1.54) is 17.7 Å². The SMILES string of the molecule is CC(=O)Nc1cc(C=O)n(C)n1. The Morgan fingerprint density at radius 2 is 2.42 bits per heavy atom. The molecule has 1 aromatic heterocycles. The minimum atomic E-state index is -0.203. The van der Waals surface area contributed by atoms with E-state index in [9.17, 15) is 9.59 Å². The fourth-order valence-corrected chi connectivity index (χ4v) is 0.833. The fraction of sp³-hybridized carbons (Fsp3) is 0.286. The average molecular weight is 167 g/mol. The van der Waals surface area contributed by atoms with Crippen molar-refractivity contribution >= 4 is 18.0 Å². The van der Waals surface area contributed by atoms with Crippen molar-refractivity contribution in [3.8, 4) is 0 Å². The van der Waals surface area contributed by atoms with Crippen LogP contribution in [0.25, 0.3) is 0 Å². The molecule has 5 nitrogen and oxygen atoms in total. The molecule has 0 aromatic carbocycles. The molecule has 0 aliphatic rings. The highest BCUT2D eigenvalue weighted by Crippen LogP contribution is 2.05. The average Bonchev–Trinajstić information content (AvgIpc) is 2.29. The number of carbonyl (C=O) groups excluding carboxylic acids is 2.